The van der Waals surface area contributed by atoms with Gasteiger partial charge in [-0.3, -0.25) is 0 Å². The quantitative estimate of drug-likeness (QED) is 0.0999. The van der Waals surface area contributed by atoms with Crippen molar-refractivity contribution in [3.63, 3.8) is 0 Å². The maximum Gasteiger partial charge on any atom is 0.184 e. The number of rotatable bonds is 27. The second-order valence-electron chi connectivity index (χ2n) is 11.4. The van der Waals surface area contributed by atoms with Crippen LogP contribution in [0.4, 0.5) is 0 Å². The van der Waals surface area contributed by atoms with Crippen LogP contribution in [-0.2, 0) is 37.6 Å². The Morgan fingerprint density at radius 3 is 1.14 bits per heavy atom. The van der Waals surface area contributed by atoms with Gasteiger partial charge in [0.25, 0.3) is 0 Å². The molecule has 0 aromatic heterocycles. The third-order valence-electron chi connectivity index (χ3n) is 6.00. The summed E-state index contributed by atoms with van der Waals surface area (Å²) in [7, 11) is -1.59. The zero-order valence-electron chi connectivity index (χ0n) is 25.5. The van der Waals surface area contributed by atoms with Crippen LogP contribution in [0.15, 0.2) is 0 Å². The first-order valence-corrected chi connectivity index (χ1v) is 17.7. The zero-order chi connectivity index (χ0) is 27.9. The van der Waals surface area contributed by atoms with Gasteiger partial charge < -0.3 is 37.6 Å². The molecule has 1 atom stereocenters. The standard InChI is InChI=1S/C28H60O8Si/c1-9-29-15-16-31-19-20-33-23-24-35-26-25-34-22-21-32-18-17-30-14-12-10-11-13-28(5,27(2,3)4)36-37(6,7)8/h9-26H2,1-8H3. The van der Waals surface area contributed by atoms with Crippen molar-refractivity contribution >= 4 is 8.32 Å². The Morgan fingerprint density at radius 1 is 0.459 bits per heavy atom. The van der Waals surface area contributed by atoms with Crippen molar-refractivity contribution in [3.8, 4) is 0 Å². The molecule has 0 saturated heterocycles. The first kappa shape index (κ1) is 36.9. The molecule has 0 aromatic carbocycles. The minimum atomic E-state index is -1.59. The summed E-state index contributed by atoms with van der Waals surface area (Å²) in [5.41, 5.74) is 0.0566. The van der Waals surface area contributed by atoms with Crippen LogP contribution in [0.2, 0.25) is 19.6 Å². The zero-order valence-corrected chi connectivity index (χ0v) is 26.5. The van der Waals surface area contributed by atoms with Gasteiger partial charge in [-0.05, 0) is 51.7 Å². The minimum Gasteiger partial charge on any atom is -0.412 e. The van der Waals surface area contributed by atoms with E-state index in [9.17, 15) is 0 Å². The number of hydrogen-bond donors (Lipinski definition) is 0. The second kappa shape index (κ2) is 22.7. The lowest BCUT2D eigenvalue weighted by atomic mass is 9.75. The number of ether oxygens (including phenoxy) is 7. The maximum absolute atomic E-state index is 6.60. The van der Waals surface area contributed by atoms with Crippen LogP contribution < -0.4 is 0 Å². The Balaban J connectivity index is 3.39. The van der Waals surface area contributed by atoms with E-state index in [1.54, 1.807) is 0 Å². The van der Waals surface area contributed by atoms with Crippen molar-refractivity contribution in [1.29, 1.82) is 0 Å². The molecule has 0 spiro atoms. The van der Waals surface area contributed by atoms with Crippen LogP contribution in [0.3, 0.4) is 0 Å². The molecule has 0 N–H and O–H groups in total. The molecule has 0 aliphatic rings. The molecular weight excluding hydrogens is 492 g/mol. The van der Waals surface area contributed by atoms with E-state index in [1.807, 2.05) is 6.92 Å². The molecule has 0 rings (SSSR count). The van der Waals surface area contributed by atoms with Gasteiger partial charge in [0.05, 0.1) is 84.9 Å². The molecule has 1 unspecified atom stereocenters. The molecule has 0 aliphatic heterocycles. The van der Waals surface area contributed by atoms with Crippen LogP contribution in [0.25, 0.3) is 0 Å². The average Bonchev–Trinajstić information content (AvgIpc) is 2.80. The summed E-state index contributed by atoms with van der Waals surface area (Å²) in [6, 6.07) is 0. The molecule has 0 amide bonds. The first-order chi connectivity index (χ1) is 17.5. The Kier molecular flexibility index (Phi) is 22.6. The number of hydrogen-bond acceptors (Lipinski definition) is 8. The van der Waals surface area contributed by atoms with Gasteiger partial charge in [-0.15, -0.1) is 0 Å². The molecule has 0 heterocycles. The summed E-state index contributed by atoms with van der Waals surface area (Å²) >= 11 is 0. The lowest BCUT2D eigenvalue weighted by Gasteiger charge is -2.46. The predicted octanol–water partition coefficient (Wildman–Crippen LogP) is 5.34. The van der Waals surface area contributed by atoms with Crippen molar-refractivity contribution in [2.45, 2.75) is 85.5 Å². The van der Waals surface area contributed by atoms with Crippen molar-refractivity contribution in [1.82, 2.24) is 0 Å². The highest BCUT2D eigenvalue weighted by Gasteiger charge is 2.41. The monoisotopic (exact) mass is 552 g/mol. The highest BCUT2D eigenvalue weighted by molar-refractivity contribution is 6.69. The molecule has 0 radical (unpaired) electrons. The second-order valence-corrected chi connectivity index (χ2v) is 15.8. The van der Waals surface area contributed by atoms with Gasteiger partial charge in [-0.25, -0.2) is 0 Å². The highest BCUT2D eigenvalue weighted by atomic mass is 28.4. The van der Waals surface area contributed by atoms with E-state index in [0.717, 1.165) is 38.9 Å². The largest absolute Gasteiger partial charge is 0.412 e. The summed E-state index contributed by atoms with van der Waals surface area (Å²) in [6.07, 6.45) is 4.49. The molecular formula is C28H60O8Si. The summed E-state index contributed by atoms with van der Waals surface area (Å²) in [4.78, 5) is 0. The van der Waals surface area contributed by atoms with Crippen LogP contribution in [0.1, 0.15) is 60.3 Å². The lowest BCUT2D eigenvalue weighted by molar-refractivity contribution is -0.0332. The van der Waals surface area contributed by atoms with E-state index in [2.05, 4.69) is 47.3 Å². The van der Waals surface area contributed by atoms with Gasteiger partial charge in [-0.2, -0.15) is 0 Å². The highest BCUT2D eigenvalue weighted by Crippen LogP contribution is 2.39. The molecule has 37 heavy (non-hydrogen) atoms. The van der Waals surface area contributed by atoms with Gasteiger partial charge in [0.1, 0.15) is 0 Å². The van der Waals surface area contributed by atoms with Crippen molar-refractivity contribution in [2.75, 3.05) is 92.5 Å². The predicted molar refractivity (Wildman–Crippen MR) is 152 cm³/mol. The third-order valence-corrected chi connectivity index (χ3v) is 7.06. The Morgan fingerprint density at radius 2 is 0.811 bits per heavy atom. The Hall–Kier alpha value is -0.103. The maximum atomic E-state index is 6.60. The van der Waals surface area contributed by atoms with Crippen LogP contribution in [-0.4, -0.2) is 106 Å². The summed E-state index contributed by atoms with van der Waals surface area (Å²) in [5, 5.41) is 0. The lowest BCUT2D eigenvalue weighted by Crippen LogP contribution is -2.49. The molecule has 0 fully saturated rings. The normalized spacial score (nSPS) is 14.3. The van der Waals surface area contributed by atoms with E-state index < -0.39 is 8.32 Å². The molecule has 0 aliphatic carbocycles. The molecule has 0 bridgehead atoms. The van der Waals surface area contributed by atoms with Crippen molar-refractivity contribution < 1.29 is 37.6 Å². The summed E-state index contributed by atoms with van der Waals surface area (Å²) in [5.74, 6) is 0. The van der Waals surface area contributed by atoms with E-state index in [4.69, 9.17) is 37.6 Å². The number of unbranched alkanes of at least 4 members (excludes halogenated alkanes) is 2. The van der Waals surface area contributed by atoms with E-state index in [1.165, 1.54) is 0 Å². The molecule has 9 heteroatoms. The van der Waals surface area contributed by atoms with E-state index >= 15 is 0 Å². The van der Waals surface area contributed by atoms with Gasteiger partial charge in [0.15, 0.2) is 8.32 Å². The van der Waals surface area contributed by atoms with Gasteiger partial charge >= 0.3 is 0 Å². The third kappa shape index (κ3) is 23.5. The Bertz CT molecular complexity index is 496. The summed E-state index contributed by atoms with van der Waals surface area (Å²) in [6.45, 7) is 26.4. The minimum absolute atomic E-state index is 0.0751. The smallest absolute Gasteiger partial charge is 0.184 e. The first-order valence-electron chi connectivity index (χ1n) is 14.3. The van der Waals surface area contributed by atoms with Gasteiger partial charge in [-0.1, -0.05) is 33.6 Å². The molecule has 224 valence electrons. The van der Waals surface area contributed by atoms with Gasteiger partial charge in [0.2, 0.25) is 0 Å². The van der Waals surface area contributed by atoms with E-state index in [-0.39, 0.29) is 11.0 Å². The van der Waals surface area contributed by atoms with Crippen LogP contribution in [0.5, 0.6) is 0 Å². The Labute approximate surface area is 229 Å². The summed E-state index contributed by atoms with van der Waals surface area (Å²) < 4.78 is 44.8. The molecule has 0 aromatic rings. The van der Waals surface area contributed by atoms with Crippen molar-refractivity contribution in [3.05, 3.63) is 0 Å². The average molecular weight is 553 g/mol. The van der Waals surface area contributed by atoms with Crippen LogP contribution in [0, 0.1) is 5.41 Å². The van der Waals surface area contributed by atoms with Crippen LogP contribution >= 0.6 is 0 Å². The molecule has 8 nitrogen and oxygen atoms in total. The fraction of sp³-hybridized carbons (Fsp3) is 1.00. The fourth-order valence-electron chi connectivity index (χ4n) is 3.56. The SMILES string of the molecule is CCOCCOCCOCCOCCOCCOCCOCCCCCC(C)(O[Si](C)(C)C)C(C)(C)C. The topological polar surface area (TPSA) is 73.8 Å². The fourth-order valence-corrected chi connectivity index (χ4v) is 5.32. The molecule has 0 saturated carbocycles. The van der Waals surface area contributed by atoms with Gasteiger partial charge in [0, 0.05) is 13.2 Å². The van der Waals surface area contributed by atoms with Crippen molar-refractivity contribution in [2.24, 2.45) is 5.41 Å². The van der Waals surface area contributed by atoms with E-state index in [0.29, 0.717) is 79.3 Å².